The highest BCUT2D eigenvalue weighted by atomic mass is 16.2. The van der Waals surface area contributed by atoms with Gasteiger partial charge in [0.2, 0.25) is 0 Å². The fourth-order valence-corrected chi connectivity index (χ4v) is 2.11. The largest absolute Gasteiger partial charge is 0.320 e. The number of aryl methyl sites for hydroxylation is 2. The molecule has 0 aliphatic heterocycles. The van der Waals surface area contributed by atoms with E-state index in [1.54, 1.807) is 0 Å². The van der Waals surface area contributed by atoms with E-state index in [2.05, 4.69) is 10.4 Å². The molecule has 0 aliphatic carbocycles. The van der Waals surface area contributed by atoms with Crippen LogP contribution in [0.5, 0.6) is 0 Å². The maximum Gasteiger partial charge on any atom is 0.276 e. The van der Waals surface area contributed by atoms with Gasteiger partial charge in [-0.05, 0) is 43.5 Å². The van der Waals surface area contributed by atoms with Gasteiger partial charge in [0, 0.05) is 18.3 Å². The molecule has 2 aromatic rings. The Morgan fingerprint density at radius 3 is 2.73 bits per heavy atom. The molecule has 1 heterocycles. The van der Waals surface area contributed by atoms with Crippen LogP contribution in [0.3, 0.4) is 0 Å². The third-order valence-corrected chi connectivity index (χ3v) is 3.68. The van der Waals surface area contributed by atoms with Crippen molar-refractivity contribution in [3.8, 4) is 0 Å². The summed E-state index contributed by atoms with van der Waals surface area (Å²) >= 11 is 0. The van der Waals surface area contributed by atoms with Gasteiger partial charge in [-0.15, -0.1) is 0 Å². The van der Waals surface area contributed by atoms with Gasteiger partial charge in [0.15, 0.2) is 0 Å². The smallest absolute Gasteiger partial charge is 0.276 e. The summed E-state index contributed by atoms with van der Waals surface area (Å²) in [7, 11) is 0. The summed E-state index contributed by atoms with van der Waals surface area (Å²) in [5.41, 5.74) is 2.96. The second-order valence-electron chi connectivity index (χ2n) is 5.34. The van der Waals surface area contributed by atoms with Crippen LogP contribution in [0.1, 0.15) is 41.4 Å². The average Bonchev–Trinajstić information content (AvgIpc) is 2.51. The summed E-state index contributed by atoms with van der Waals surface area (Å²) in [5.74, 6) is -0.307. The molecule has 0 unspecified atom stereocenters. The van der Waals surface area contributed by atoms with Crippen LogP contribution in [0.15, 0.2) is 35.1 Å². The van der Waals surface area contributed by atoms with Gasteiger partial charge in [0.25, 0.3) is 11.5 Å². The molecule has 0 atom stereocenters. The molecule has 0 saturated carbocycles. The molecule has 0 aliphatic rings. The number of carbonyl (C=O) groups excluding carboxylic acids is 1. The number of hydrogen-bond donors (Lipinski definition) is 1. The zero-order chi connectivity index (χ0) is 16.1. The molecule has 0 bridgehead atoms. The van der Waals surface area contributed by atoms with Gasteiger partial charge in [0.05, 0.1) is 0 Å². The predicted octanol–water partition coefficient (Wildman–Crippen LogP) is 2.91. The topological polar surface area (TPSA) is 64.0 Å². The Balaban J connectivity index is 2.22. The zero-order valence-corrected chi connectivity index (χ0v) is 13.2. The van der Waals surface area contributed by atoms with Crippen LogP contribution < -0.4 is 10.9 Å². The van der Waals surface area contributed by atoms with Gasteiger partial charge in [-0.2, -0.15) is 5.10 Å². The fourth-order valence-electron chi connectivity index (χ4n) is 2.11. The fraction of sp³-hybridized carbons (Fsp3) is 0.353. The monoisotopic (exact) mass is 299 g/mol. The molecule has 1 aromatic heterocycles. The summed E-state index contributed by atoms with van der Waals surface area (Å²) in [6.45, 7) is 6.52. The standard InChI is InChI=1S/C17H21N3O2/c1-4-5-11-20-16(21)10-9-15(19-20)17(22)18-14-8-6-7-12(2)13(14)3/h6-10H,4-5,11H2,1-3H3,(H,18,22). The minimum Gasteiger partial charge on any atom is -0.320 e. The van der Waals surface area contributed by atoms with Gasteiger partial charge in [-0.3, -0.25) is 9.59 Å². The van der Waals surface area contributed by atoms with Crippen LogP contribution in [-0.2, 0) is 6.54 Å². The number of hydrogen-bond acceptors (Lipinski definition) is 3. The third kappa shape index (κ3) is 3.61. The van der Waals surface area contributed by atoms with Crippen molar-refractivity contribution in [1.29, 1.82) is 0 Å². The molecule has 0 saturated heterocycles. The normalized spacial score (nSPS) is 10.5. The van der Waals surface area contributed by atoms with E-state index in [9.17, 15) is 9.59 Å². The Kier molecular flexibility index (Phi) is 5.09. The molecule has 5 heteroatoms. The average molecular weight is 299 g/mol. The number of nitrogens with zero attached hydrogens (tertiary/aromatic N) is 2. The molecule has 0 radical (unpaired) electrons. The van der Waals surface area contributed by atoms with E-state index in [4.69, 9.17) is 0 Å². The lowest BCUT2D eigenvalue weighted by Gasteiger charge is -2.11. The molecular weight excluding hydrogens is 278 g/mol. The van der Waals surface area contributed by atoms with Crippen molar-refractivity contribution >= 4 is 11.6 Å². The van der Waals surface area contributed by atoms with E-state index >= 15 is 0 Å². The van der Waals surface area contributed by atoms with Crippen LogP contribution >= 0.6 is 0 Å². The minimum atomic E-state index is -0.307. The van der Waals surface area contributed by atoms with Crippen LogP contribution in [-0.4, -0.2) is 15.7 Å². The SMILES string of the molecule is CCCCn1nc(C(=O)Nc2cccc(C)c2C)ccc1=O. The number of anilines is 1. The van der Waals surface area contributed by atoms with Gasteiger partial charge in [-0.1, -0.05) is 25.5 Å². The first-order chi connectivity index (χ1) is 10.5. The van der Waals surface area contributed by atoms with E-state index in [1.807, 2.05) is 39.0 Å². The Hall–Kier alpha value is -2.43. The Morgan fingerprint density at radius 2 is 2.00 bits per heavy atom. The third-order valence-electron chi connectivity index (χ3n) is 3.68. The maximum atomic E-state index is 12.3. The first-order valence-electron chi connectivity index (χ1n) is 7.48. The van der Waals surface area contributed by atoms with Crippen molar-refractivity contribution in [1.82, 2.24) is 9.78 Å². The first-order valence-corrected chi connectivity index (χ1v) is 7.48. The van der Waals surface area contributed by atoms with Crippen molar-refractivity contribution in [2.75, 3.05) is 5.32 Å². The van der Waals surface area contributed by atoms with Gasteiger partial charge < -0.3 is 5.32 Å². The van der Waals surface area contributed by atoms with Crippen molar-refractivity contribution < 1.29 is 4.79 Å². The highest BCUT2D eigenvalue weighted by molar-refractivity contribution is 6.03. The second-order valence-corrected chi connectivity index (χ2v) is 5.34. The number of rotatable bonds is 5. The molecule has 22 heavy (non-hydrogen) atoms. The number of aromatic nitrogens is 2. The van der Waals surface area contributed by atoms with Crippen molar-refractivity contribution in [3.63, 3.8) is 0 Å². The highest BCUT2D eigenvalue weighted by Crippen LogP contribution is 2.18. The number of benzene rings is 1. The van der Waals surface area contributed by atoms with Crippen LogP contribution in [0.4, 0.5) is 5.69 Å². The van der Waals surface area contributed by atoms with Crippen LogP contribution in [0.2, 0.25) is 0 Å². The highest BCUT2D eigenvalue weighted by Gasteiger charge is 2.11. The van der Waals surface area contributed by atoms with Gasteiger partial charge in [-0.25, -0.2) is 4.68 Å². The summed E-state index contributed by atoms with van der Waals surface area (Å²) < 4.78 is 1.35. The van der Waals surface area contributed by atoms with Crippen molar-refractivity contribution in [3.05, 3.63) is 57.5 Å². The molecule has 116 valence electrons. The molecule has 5 nitrogen and oxygen atoms in total. The van der Waals surface area contributed by atoms with Crippen molar-refractivity contribution in [2.24, 2.45) is 0 Å². The Labute approximate surface area is 130 Å². The molecule has 0 fully saturated rings. The lowest BCUT2D eigenvalue weighted by atomic mass is 10.1. The van der Waals surface area contributed by atoms with Gasteiger partial charge in [0.1, 0.15) is 5.69 Å². The number of nitrogens with one attached hydrogen (secondary N) is 1. The summed E-state index contributed by atoms with van der Waals surface area (Å²) in [4.78, 5) is 24.1. The molecule has 1 amide bonds. The van der Waals surface area contributed by atoms with Crippen LogP contribution in [0, 0.1) is 13.8 Å². The van der Waals surface area contributed by atoms with E-state index < -0.39 is 0 Å². The first kappa shape index (κ1) is 15.9. The number of unbranched alkanes of at least 4 members (excludes halogenated alkanes) is 1. The maximum absolute atomic E-state index is 12.3. The molecule has 2 rings (SSSR count). The molecular formula is C17H21N3O2. The van der Waals surface area contributed by atoms with E-state index in [0.29, 0.717) is 6.54 Å². The molecule has 1 aromatic carbocycles. The summed E-state index contributed by atoms with van der Waals surface area (Å²) in [6, 6.07) is 8.60. The lowest BCUT2D eigenvalue weighted by molar-refractivity contribution is 0.101. The minimum absolute atomic E-state index is 0.184. The number of amides is 1. The quantitative estimate of drug-likeness (QED) is 0.923. The predicted molar refractivity (Wildman–Crippen MR) is 87.3 cm³/mol. The number of carbonyl (C=O) groups is 1. The molecule has 0 spiro atoms. The second kappa shape index (κ2) is 7.02. The molecule has 1 N–H and O–H groups in total. The van der Waals surface area contributed by atoms with E-state index in [1.165, 1.54) is 16.8 Å². The summed E-state index contributed by atoms with van der Waals surface area (Å²) in [6.07, 6.45) is 1.82. The van der Waals surface area contributed by atoms with E-state index in [0.717, 1.165) is 29.7 Å². The van der Waals surface area contributed by atoms with E-state index in [-0.39, 0.29) is 17.2 Å². The Bertz CT molecular complexity index is 735. The Morgan fingerprint density at radius 1 is 1.23 bits per heavy atom. The lowest BCUT2D eigenvalue weighted by Crippen LogP contribution is -2.26. The summed E-state index contributed by atoms with van der Waals surface area (Å²) in [5, 5.41) is 7.00. The van der Waals surface area contributed by atoms with Gasteiger partial charge >= 0.3 is 0 Å². The van der Waals surface area contributed by atoms with Crippen LogP contribution in [0.25, 0.3) is 0 Å². The zero-order valence-electron chi connectivity index (χ0n) is 13.2. The van der Waals surface area contributed by atoms with Crippen molar-refractivity contribution in [2.45, 2.75) is 40.2 Å².